The van der Waals surface area contributed by atoms with E-state index in [2.05, 4.69) is 25.1 Å². The lowest BCUT2D eigenvalue weighted by atomic mass is 9.90. The van der Waals surface area contributed by atoms with Gasteiger partial charge in [-0.1, -0.05) is 25.5 Å². The van der Waals surface area contributed by atoms with Crippen molar-refractivity contribution in [2.24, 2.45) is 10.9 Å². The molecule has 96 valence electrons. The molecule has 0 radical (unpaired) electrons. The Hall–Kier alpha value is -1.14. The monoisotopic (exact) mass is 235 g/mol. The SMILES string of the molecule is C=CCCCC(CC=C)CC(CCC)N=C=O. The predicted octanol–water partition coefficient (Wildman–Crippen LogP) is 4.43. The first-order valence-corrected chi connectivity index (χ1v) is 6.57. The maximum atomic E-state index is 10.4. The molecule has 0 heterocycles. The second-order valence-corrected chi connectivity index (χ2v) is 4.51. The predicted molar refractivity (Wildman–Crippen MR) is 73.8 cm³/mol. The van der Waals surface area contributed by atoms with Crippen molar-refractivity contribution in [3.05, 3.63) is 25.3 Å². The molecule has 0 aromatic carbocycles. The highest BCUT2D eigenvalue weighted by Crippen LogP contribution is 2.22. The lowest BCUT2D eigenvalue weighted by Gasteiger charge is -2.18. The van der Waals surface area contributed by atoms with Crippen molar-refractivity contribution >= 4 is 6.08 Å². The lowest BCUT2D eigenvalue weighted by molar-refractivity contribution is 0.388. The van der Waals surface area contributed by atoms with Gasteiger partial charge in [0.05, 0.1) is 6.04 Å². The van der Waals surface area contributed by atoms with E-state index in [0.717, 1.165) is 44.9 Å². The average molecular weight is 235 g/mol. The van der Waals surface area contributed by atoms with Crippen LogP contribution in [-0.2, 0) is 4.79 Å². The fourth-order valence-electron chi connectivity index (χ4n) is 2.15. The van der Waals surface area contributed by atoms with Crippen LogP contribution in [0.5, 0.6) is 0 Å². The van der Waals surface area contributed by atoms with Crippen molar-refractivity contribution in [1.29, 1.82) is 0 Å². The minimum Gasteiger partial charge on any atom is -0.211 e. The van der Waals surface area contributed by atoms with Gasteiger partial charge in [0.15, 0.2) is 0 Å². The molecule has 0 aromatic rings. The van der Waals surface area contributed by atoms with Crippen LogP contribution < -0.4 is 0 Å². The molecule has 0 aliphatic carbocycles. The molecule has 0 aromatic heterocycles. The van der Waals surface area contributed by atoms with E-state index in [-0.39, 0.29) is 6.04 Å². The van der Waals surface area contributed by atoms with E-state index in [1.807, 2.05) is 12.2 Å². The van der Waals surface area contributed by atoms with E-state index in [1.165, 1.54) is 0 Å². The molecule has 0 amide bonds. The van der Waals surface area contributed by atoms with Crippen LogP contribution in [0.25, 0.3) is 0 Å². The number of allylic oxidation sites excluding steroid dienone is 2. The summed E-state index contributed by atoms with van der Waals surface area (Å²) >= 11 is 0. The first-order valence-electron chi connectivity index (χ1n) is 6.57. The second kappa shape index (κ2) is 11.3. The second-order valence-electron chi connectivity index (χ2n) is 4.51. The summed E-state index contributed by atoms with van der Waals surface area (Å²) < 4.78 is 0. The highest BCUT2D eigenvalue weighted by molar-refractivity contribution is 5.33. The number of isocyanates is 1. The van der Waals surface area contributed by atoms with Gasteiger partial charge in [-0.3, -0.25) is 0 Å². The third-order valence-electron chi connectivity index (χ3n) is 2.98. The molecule has 2 unspecified atom stereocenters. The molecule has 0 aliphatic heterocycles. The standard InChI is InChI=1S/C15H25NO/c1-4-7-8-11-14(9-5-2)12-15(10-6-3)16-13-17/h4-5,14-15H,1-2,6-12H2,3H3. The highest BCUT2D eigenvalue weighted by atomic mass is 16.1. The van der Waals surface area contributed by atoms with Gasteiger partial charge in [0.2, 0.25) is 6.08 Å². The average Bonchev–Trinajstić information content (AvgIpc) is 2.30. The molecule has 2 atom stereocenters. The van der Waals surface area contributed by atoms with E-state index < -0.39 is 0 Å². The van der Waals surface area contributed by atoms with Gasteiger partial charge in [-0.25, -0.2) is 9.79 Å². The van der Waals surface area contributed by atoms with E-state index in [9.17, 15) is 4.79 Å². The van der Waals surface area contributed by atoms with E-state index in [1.54, 1.807) is 6.08 Å². The number of hydrogen-bond donors (Lipinski definition) is 0. The van der Waals surface area contributed by atoms with Crippen molar-refractivity contribution in [1.82, 2.24) is 0 Å². The summed E-state index contributed by atoms with van der Waals surface area (Å²) in [6, 6.07) is 0.145. The molecule has 0 N–H and O–H groups in total. The molecule has 0 spiro atoms. The molecule has 0 aliphatic rings. The Bertz CT molecular complexity index is 254. The molecule has 2 nitrogen and oxygen atoms in total. The Morgan fingerprint density at radius 1 is 1.29 bits per heavy atom. The molecule has 17 heavy (non-hydrogen) atoms. The summed E-state index contributed by atoms with van der Waals surface area (Å²) in [7, 11) is 0. The van der Waals surface area contributed by atoms with Gasteiger partial charge in [-0.2, -0.15) is 0 Å². The molecule has 0 fully saturated rings. The minimum atomic E-state index is 0.145. The zero-order valence-corrected chi connectivity index (χ0v) is 11.0. The molecule has 0 rings (SSSR count). The number of carbonyl (C=O) groups excluding carboxylic acids is 1. The summed E-state index contributed by atoms with van der Waals surface area (Å²) in [5, 5.41) is 0. The third-order valence-corrected chi connectivity index (χ3v) is 2.98. The zero-order chi connectivity index (χ0) is 12.9. The quantitative estimate of drug-likeness (QED) is 0.225. The Morgan fingerprint density at radius 2 is 2.06 bits per heavy atom. The maximum Gasteiger partial charge on any atom is 0.235 e. The van der Waals surface area contributed by atoms with Gasteiger partial charge in [-0.15, -0.1) is 13.2 Å². The van der Waals surface area contributed by atoms with Crippen LogP contribution in [0.2, 0.25) is 0 Å². The first kappa shape index (κ1) is 15.9. The van der Waals surface area contributed by atoms with Gasteiger partial charge >= 0.3 is 0 Å². The summed E-state index contributed by atoms with van der Waals surface area (Å²) in [5.41, 5.74) is 0. The fraction of sp³-hybridized carbons (Fsp3) is 0.667. The third kappa shape index (κ3) is 8.65. The number of rotatable bonds is 11. The maximum absolute atomic E-state index is 10.4. The van der Waals surface area contributed by atoms with E-state index in [0.29, 0.717) is 5.92 Å². The zero-order valence-electron chi connectivity index (χ0n) is 11.0. The summed E-state index contributed by atoms with van der Waals surface area (Å²) in [6.07, 6.45) is 13.0. The van der Waals surface area contributed by atoms with Gasteiger partial charge in [0.1, 0.15) is 0 Å². The number of unbranched alkanes of at least 4 members (excludes halogenated alkanes) is 1. The molecule has 0 bridgehead atoms. The Labute approximate surface area is 106 Å². The number of nitrogens with zero attached hydrogens (tertiary/aromatic N) is 1. The normalized spacial score (nSPS) is 13.5. The Morgan fingerprint density at radius 3 is 2.59 bits per heavy atom. The summed E-state index contributed by atoms with van der Waals surface area (Å²) in [5.74, 6) is 0.584. The van der Waals surface area contributed by atoms with Crippen LogP contribution in [0, 0.1) is 5.92 Å². The van der Waals surface area contributed by atoms with Crippen LogP contribution >= 0.6 is 0 Å². The van der Waals surface area contributed by atoms with Gasteiger partial charge < -0.3 is 0 Å². The highest BCUT2D eigenvalue weighted by Gasteiger charge is 2.14. The Balaban J connectivity index is 4.20. The van der Waals surface area contributed by atoms with Crippen LogP contribution in [0.1, 0.15) is 51.9 Å². The smallest absolute Gasteiger partial charge is 0.211 e. The van der Waals surface area contributed by atoms with Gasteiger partial charge in [0.25, 0.3) is 0 Å². The molecular weight excluding hydrogens is 210 g/mol. The van der Waals surface area contributed by atoms with Crippen LogP contribution in [-0.4, -0.2) is 12.1 Å². The molecular formula is C15H25NO. The largest absolute Gasteiger partial charge is 0.235 e. The Kier molecular flexibility index (Phi) is 10.6. The van der Waals surface area contributed by atoms with Crippen LogP contribution in [0.15, 0.2) is 30.3 Å². The topological polar surface area (TPSA) is 29.4 Å². The van der Waals surface area contributed by atoms with Gasteiger partial charge in [0, 0.05) is 0 Å². The van der Waals surface area contributed by atoms with Crippen LogP contribution in [0.3, 0.4) is 0 Å². The first-order chi connectivity index (χ1) is 8.28. The van der Waals surface area contributed by atoms with Crippen molar-refractivity contribution in [3.8, 4) is 0 Å². The van der Waals surface area contributed by atoms with Crippen molar-refractivity contribution in [3.63, 3.8) is 0 Å². The van der Waals surface area contributed by atoms with Crippen LogP contribution in [0.4, 0.5) is 0 Å². The lowest BCUT2D eigenvalue weighted by Crippen LogP contribution is -2.12. The molecule has 0 saturated heterocycles. The van der Waals surface area contributed by atoms with Crippen molar-refractivity contribution in [2.45, 2.75) is 57.9 Å². The van der Waals surface area contributed by atoms with Crippen molar-refractivity contribution in [2.75, 3.05) is 0 Å². The molecule has 2 heteroatoms. The van der Waals surface area contributed by atoms with Crippen molar-refractivity contribution < 1.29 is 4.79 Å². The van der Waals surface area contributed by atoms with E-state index in [4.69, 9.17) is 0 Å². The minimum absolute atomic E-state index is 0.145. The summed E-state index contributed by atoms with van der Waals surface area (Å²) in [4.78, 5) is 14.3. The number of aliphatic imine (C=N–C) groups is 1. The summed E-state index contributed by atoms with van der Waals surface area (Å²) in [6.45, 7) is 9.65. The van der Waals surface area contributed by atoms with Gasteiger partial charge in [-0.05, 0) is 44.4 Å². The number of hydrogen-bond acceptors (Lipinski definition) is 2. The van der Waals surface area contributed by atoms with E-state index >= 15 is 0 Å². The fourth-order valence-corrected chi connectivity index (χ4v) is 2.15. The molecule has 0 saturated carbocycles.